The topological polar surface area (TPSA) is 46.5 Å². The Morgan fingerprint density at radius 1 is 1.00 bits per heavy atom. The van der Waals surface area contributed by atoms with Crippen molar-refractivity contribution in [1.82, 2.24) is 0 Å². The lowest BCUT2D eigenvalue weighted by molar-refractivity contribution is -0.141. The molecule has 2 aromatic rings. The first-order chi connectivity index (χ1) is 10.7. The lowest BCUT2D eigenvalue weighted by atomic mass is 9.98. The Morgan fingerprint density at radius 3 is 2.18 bits per heavy atom. The van der Waals surface area contributed by atoms with Crippen molar-refractivity contribution in [3.8, 4) is 0 Å². The molecule has 0 bridgehead atoms. The van der Waals surface area contributed by atoms with E-state index >= 15 is 0 Å². The van der Waals surface area contributed by atoms with Gasteiger partial charge in [0.1, 0.15) is 0 Å². The highest BCUT2D eigenvalue weighted by atomic mass is 16.5. The van der Waals surface area contributed by atoms with E-state index in [1.165, 1.54) is 0 Å². The number of carboxylic acid groups (broad SMARTS) is 1. The van der Waals surface area contributed by atoms with Crippen LogP contribution in [0, 0.1) is 5.92 Å². The average Bonchev–Trinajstić information content (AvgIpc) is 2.56. The van der Waals surface area contributed by atoms with Crippen LogP contribution in [-0.4, -0.2) is 11.1 Å². The maximum absolute atomic E-state index is 11.0. The van der Waals surface area contributed by atoms with Gasteiger partial charge in [0, 0.05) is 0 Å². The van der Waals surface area contributed by atoms with Crippen molar-refractivity contribution >= 4 is 5.97 Å². The molecule has 3 heteroatoms. The Kier molecular flexibility index (Phi) is 6.16. The van der Waals surface area contributed by atoms with Crippen LogP contribution in [0.4, 0.5) is 0 Å². The zero-order valence-corrected chi connectivity index (χ0v) is 12.8. The van der Waals surface area contributed by atoms with Gasteiger partial charge in [-0.3, -0.25) is 4.79 Å². The summed E-state index contributed by atoms with van der Waals surface area (Å²) < 4.78 is 6.05. The van der Waals surface area contributed by atoms with Crippen molar-refractivity contribution in [2.75, 3.05) is 0 Å². The van der Waals surface area contributed by atoms with Crippen LogP contribution in [0.25, 0.3) is 0 Å². The first-order valence-corrected chi connectivity index (χ1v) is 7.60. The minimum absolute atomic E-state index is 0.0804. The van der Waals surface area contributed by atoms with E-state index in [2.05, 4.69) is 0 Å². The second kappa shape index (κ2) is 8.35. The standard InChI is InChI=1S/C19H22O3/c1-15(19(20)21)12-13-18(17-10-6-3-7-11-17)22-14-16-8-4-2-5-9-16/h2-11,15,18H,12-14H2,1H3,(H,20,21). The predicted molar refractivity (Wildman–Crippen MR) is 86.4 cm³/mol. The fourth-order valence-electron chi connectivity index (χ4n) is 2.31. The summed E-state index contributed by atoms with van der Waals surface area (Å²) in [7, 11) is 0. The van der Waals surface area contributed by atoms with Gasteiger partial charge < -0.3 is 9.84 Å². The number of aliphatic carboxylic acids is 1. The molecule has 0 heterocycles. The highest BCUT2D eigenvalue weighted by molar-refractivity contribution is 5.69. The first kappa shape index (κ1) is 16.2. The minimum Gasteiger partial charge on any atom is -0.481 e. The molecule has 0 aromatic heterocycles. The van der Waals surface area contributed by atoms with Crippen LogP contribution >= 0.6 is 0 Å². The molecule has 0 amide bonds. The number of hydrogen-bond donors (Lipinski definition) is 1. The van der Waals surface area contributed by atoms with Crippen LogP contribution in [0.5, 0.6) is 0 Å². The summed E-state index contributed by atoms with van der Waals surface area (Å²) in [6, 6.07) is 20.0. The Labute approximate surface area is 131 Å². The number of carboxylic acids is 1. The molecule has 0 saturated carbocycles. The highest BCUT2D eigenvalue weighted by Crippen LogP contribution is 2.26. The molecule has 3 nitrogen and oxygen atoms in total. The largest absolute Gasteiger partial charge is 0.481 e. The molecule has 2 aromatic carbocycles. The number of benzene rings is 2. The Bertz CT molecular complexity index is 566. The molecule has 1 N–H and O–H groups in total. The second-order valence-electron chi connectivity index (χ2n) is 5.51. The molecule has 22 heavy (non-hydrogen) atoms. The van der Waals surface area contributed by atoms with Crippen molar-refractivity contribution in [2.45, 2.75) is 32.5 Å². The molecule has 0 spiro atoms. The number of carbonyl (C=O) groups is 1. The quantitative estimate of drug-likeness (QED) is 0.783. The zero-order valence-electron chi connectivity index (χ0n) is 12.8. The van der Waals surface area contributed by atoms with Crippen LogP contribution in [0.15, 0.2) is 60.7 Å². The van der Waals surface area contributed by atoms with Gasteiger partial charge in [0.05, 0.1) is 18.6 Å². The molecule has 0 aliphatic carbocycles. The van der Waals surface area contributed by atoms with Crippen LogP contribution < -0.4 is 0 Å². The number of ether oxygens (including phenoxy) is 1. The Morgan fingerprint density at radius 2 is 1.59 bits per heavy atom. The van der Waals surface area contributed by atoms with E-state index < -0.39 is 5.97 Å². The van der Waals surface area contributed by atoms with Crippen molar-refractivity contribution in [2.24, 2.45) is 5.92 Å². The van der Waals surface area contributed by atoms with Crippen LogP contribution in [0.2, 0.25) is 0 Å². The van der Waals surface area contributed by atoms with Crippen LogP contribution in [0.1, 0.15) is 37.0 Å². The van der Waals surface area contributed by atoms with E-state index in [1.807, 2.05) is 60.7 Å². The summed E-state index contributed by atoms with van der Waals surface area (Å²) in [5.41, 5.74) is 2.21. The normalized spacial score (nSPS) is 13.5. The highest BCUT2D eigenvalue weighted by Gasteiger charge is 2.17. The molecule has 0 aliphatic heterocycles. The predicted octanol–water partition coefficient (Wildman–Crippen LogP) is 4.45. The molecule has 2 rings (SSSR count). The Balaban J connectivity index is 2.00. The fraction of sp³-hybridized carbons (Fsp3) is 0.316. The molecular formula is C19H22O3. The van der Waals surface area contributed by atoms with E-state index in [4.69, 9.17) is 9.84 Å². The summed E-state index contributed by atoms with van der Waals surface area (Å²) in [6.45, 7) is 2.27. The lowest BCUT2D eigenvalue weighted by Gasteiger charge is -2.19. The lowest BCUT2D eigenvalue weighted by Crippen LogP contribution is -2.12. The SMILES string of the molecule is CC(CCC(OCc1ccccc1)c1ccccc1)C(=O)O. The van der Waals surface area contributed by atoms with Gasteiger partial charge in [0.25, 0.3) is 0 Å². The van der Waals surface area contributed by atoms with Crippen molar-refractivity contribution in [1.29, 1.82) is 0 Å². The molecule has 2 unspecified atom stereocenters. The second-order valence-corrected chi connectivity index (χ2v) is 5.51. The van der Waals surface area contributed by atoms with Gasteiger partial charge in [0.2, 0.25) is 0 Å². The van der Waals surface area contributed by atoms with Gasteiger partial charge >= 0.3 is 5.97 Å². The molecule has 0 aliphatic rings. The average molecular weight is 298 g/mol. The van der Waals surface area contributed by atoms with Gasteiger partial charge in [-0.25, -0.2) is 0 Å². The third-order valence-electron chi connectivity index (χ3n) is 3.75. The molecule has 0 fully saturated rings. The molecule has 116 valence electrons. The third kappa shape index (κ3) is 5.01. The van der Waals surface area contributed by atoms with E-state index in [0.717, 1.165) is 11.1 Å². The third-order valence-corrected chi connectivity index (χ3v) is 3.75. The summed E-state index contributed by atoms with van der Waals surface area (Å²) >= 11 is 0. The minimum atomic E-state index is -0.755. The van der Waals surface area contributed by atoms with Crippen LogP contribution in [-0.2, 0) is 16.1 Å². The maximum Gasteiger partial charge on any atom is 0.306 e. The summed E-state index contributed by atoms with van der Waals surface area (Å²) in [5, 5.41) is 9.03. The van der Waals surface area contributed by atoms with Gasteiger partial charge in [-0.05, 0) is 24.0 Å². The fourth-order valence-corrected chi connectivity index (χ4v) is 2.31. The molecule has 0 saturated heterocycles. The van der Waals surface area contributed by atoms with E-state index in [-0.39, 0.29) is 12.0 Å². The maximum atomic E-state index is 11.0. The number of hydrogen-bond acceptors (Lipinski definition) is 2. The smallest absolute Gasteiger partial charge is 0.306 e. The zero-order chi connectivity index (χ0) is 15.8. The van der Waals surface area contributed by atoms with E-state index in [9.17, 15) is 4.79 Å². The Hall–Kier alpha value is -2.13. The first-order valence-electron chi connectivity index (χ1n) is 7.60. The van der Waals surface area contributed by atoms with Gasteiger partial charge in [0.15, 0.2) is 0 Å². The number of rotatable bonds is 8. The van der Waals surface area contributed by atoms with Crippen LogP contribution in [0.3, 0.4) is 0 Å². The van der Waals surface area contributed by atoms with Gasteiger partial charge in [-0.2, -0.15) is 0 Å². The van der Waals surface area contributed by atoms with Crippen molar-refractivity contribution in [3.05, 3.63) is 71.8 Å². The summed E-state index contributed by atoms with van der Waals surface area (Å²) in [6.07, 6.45) is 1.22. The van der Waals surface area contributed by atoms with Gasteiger partial charge in [-0.15, -0.1) is 0 Å². The molecule has 0 radical (unpaired) electrons. The molecule has 2 atom stereocenters. The van der Waals surface area contributed by atoms with E-state index in [1.54, 1.807) is 6.92 Å². The summed E-state index contributed by atoms with van der Waals surface area (Å²) in [4.78, 5) is 11.0. The molecular weight excluding hydrogens is 276 g/mol. The summed E-state index contributed by atoms with van der Waals surface area (Å²) in [5.74, 6) is -1.11. The monoisotopic (exact) mass is 298 g/mol. The van der Waals surface area contributed by atoms with Crippen molar-refractivity contribution < 1.29 is 14.6 Å². The van der Waals surface area contributed by atoms with Crippen molar-refractivity contribution in [3.63, 3.8) is 0 Å². The van der Waals surface area contributed by atoms with Gasteiger partial charge in [-0.1, -0.05) is 67.6 Å². The van der Waals surface area contributed by atoms with E-state index in [0.29, 0.717) is 19.4 Å².